The lowest BCUT2D eigenvalue weighted by atomic mass is 10.3. The number of thiophene rings is 1. The molecule has 0 saturated carbocycles. The summed E-state index contributed by atoms with van der Waals surface area (Å²) in [6, 6.07) is 10.5. The van der Waals surface area contributed by atoms with Gasteiger partial charge in [0.05, 0.1) is 6.54 Å². The third kappa shape index (κ3) is 6.29. The number of amides is 1. The molecule has 0 bridgehead atoms. The Hall–Kier alpha value is -1.44. The van der Waals surface area contributed by atoms with Crippen LogP contribution >= 0.6 is 23.1 Å². The van der Waals surface area contributed by atoms with Crippen LogP contribution in [0.5, 0.6) is 0 Å². The third-order valence-corrected chi connectivity index (χ3v) is 4.72. The minimum absolute atomic E-state index is 0.113. The maximum Gasteiger partial charge on any atom is 0.288 e. The topological polar surface area (TPSA) is 32.3 Å². The Kier molecular flexibility index (Phi) is 7.01. The van der Waals surface area contributed by atoms with Gasteiger partial charge in [0.2, 0.25) is 5.91 Å². The molecule has 0 unspecified atom stereocenters. The van der Waals surface area contributed by atoms with E-state index >= 15 is 0 Å². The predicted octanol–water partition coefficient (Wildman–Crippen LogP) is 4.52. The first-order chi connectivity index (χ1) is 11.1. The molecule has 124 valence electrons. The fourth-order valence-corrected chi connectivity index (χ4v) is 3.27. The number of anilines is 1. The molecule has 23 heavy (non-hydrogen) atoms. The van der Waals surface area contributed by atoms with E-state index in [4.69, 9.17) is 0 Å². The molecule has 0 atom stereocenters. The molecular weight excluding hydrogens is 338 g/mol. The number of carbonyl (C=O) groups excluding carboxylic acids is 1. The van der Waals surface area contributed by atoms with Crippen molar-refractivity contribution in [3.63, 3.8) is 0 Å². The van der Waals surface area contributed by atoms with Gasteiger partial charge in [0.15, 0.2) is 0 Å². The number of rotatable bonds is 8. The van der Waals surface area contributed by atoms with E-state index in [1.807, 2.05) is 29.3 Å². The molecule has 0 radical (unpaired) electrons. The molecule has 1 aromatic heterocycles. The smallest absolute Gasteiger partial charge is 0.288 e. The quantitative estimate of drug-likeness (QED) is 0.706. The Morgan fingerprint density at radius 1 is 1.30 bits per heavy atom. The second-order valence-corrected chi connectivity index (χ2v) is 6.93. The first-order valence-corrected chi connectivity index (χ1v) is 8.92. The van der Waals surface area contributed by atoms with Crippen LogP contribution in [0.2, 0.25) is 0 Å². The van der Waals surface area contributed by atoms with Crippen LogP contribution in [0.4, 0.5) is 14.5 Å². The summed E-state index contributed by atoms with van der Waals surface area (Å²) in [5.74, 6) is -2.55. The highest BCUT2D eigenvalue weighted by Crippen LogP contribution is 2.26. The monoisotopic (exact) mass is 356 g/mol. The van der Waals surface area contributed by atoms with Crippen LogP contribution in [0.3, 0.4) is 0 Å². The van der Waals surface area contributed by atoms with E-state index in [2.05, 4.69) is 5.32 Å². The highest BCUT2D eigenvalue weighted by molar-refractivity contribution is 7.99. The summed E-state index contributed by atoms with van der Waals surface area (Å²) >= 11 is 2.16. The molecule has 0 fully saturated rings. The lowest BCUT2D eigenvalue weighted by Crippen LogP contribution is -2.32. The summed E-state index contributed by atoms with van der Waals surface area (Å²) in [6.45, 7) is 3.82. The second-order valence-electron chi connectivity index (χ2n) is 4.83. The van der Waals surface area contributed by atoms with E-state index in [9.17, 15) is 13.6 Å². The van der Waals surface area contributed by atoms with Crippen molar-refractivity contribution in [2.45, 2.75) is 24.1 Å². The first kappa shape index (κ1) is 17.9. The molecule has 1 N–H and O–H groups in total. The summed E-state index contributed by atoms with van der Waals surface area (Å²) in [6.07, 6.45) is 0. The van der Waals surface area contributed by atoms with Crippen molar-refractivity contribution >= 4 is 34.7 Å². The first-order valence-electron chi connectivity index (χ1n) is 7.16. The molecule has 0 aliphatic carbocycles. The Balaban J connectivity index is 1.85. The Morgan fingerprint density at radius 3 is 2.61 bits per heavy atom. The van der Waals surface area contributed by atoms with Crippen molar-refractivity contribution in [1.29, 1.82) is 0 Å². The number of likely N-dealkylation sites (N-methyl/N-ethyl adjacent to an activating group) is 1. The van der Waals surface area contributed by atoms with Crippen molar-refractivity contribution < 1.29 is 13.6 Å². The molecule has 0 aliphatic rings. The normalized spacial score (nSPS) is 11.2. The number of alkyl halides is 2. The standard InChI is InChI=1S/C16H18F2N2OS2/c1-2-20(10-14-4-3-9-22-14)11-15(21)19-12-5-7-13(8-6-12)23-16(17)18/h3-9,16H,2,10-11H2,1H3,(H,19,21). The summed E-state index contributed by atoms with van der Waals surface area (Å²) in [4.78, 5) is 15.8. The fraction of sp³-hybridized carbons (Fsp3) is 0.312. The number of carbonyl (C=O) groups is 1. The van der Waals surface area contributed by atoms with E-state index in [1.165, 1.54) is 4.88 Å². The van der Waals surface area contributed by atoms with Crippen molar-refractivity contribution in [1.82, 2.24) is 4.90 Å². The molecule has 1 amide bonds. The molecule has 1 heterocycles. The van der Waals surface area contributed by atoms with E-state index in [0.29, 0.717) is 28.9 Å². The number of hydrogen-bond acceptors (Lipinski definition) is 4. The minimum Gasteiger partial charge on any atom is -0.325 e. The van der Waals surface area contributed by atoms with E-state index in [0.717, 1.165) is 13.1 Å². The summed E-state index contributed by atoms with van der Waals surface area (Å²) in [5, 5.41) is 4.81. The zero-order valence-corrected chi connectivity index (χ0v) is 14.3. The predicted molar refractivity (Wildman–Crippen MR) is 92.2 cm³/mol. The lowest BCUT2D eigenvalue weighted by molar-refractivity contribution is -0.117. The largest absolute Gasteiger partial charge is 0.325 e. The lowest BCUT2D eigenvalue weighted by Gasteiger charge is -2.19. The zero-order chi connectivity index (χ0) is 16.7. The molecule has 2 aromatic rings. The van der Waals surface area contributed by atoms with Crippen LogP contribution in [0, 0.1) is 0 Å². The second kappa shape index (κ2) is 9.00. The van der Waals surface area contributed by atoms with Crippen LogP contribution < -0.4 is 5.32 Å². The van der Waals surface area contributed by atoms with Crippen molar-refractivity contribution in [2.75, 3.05) is 18.4 Å². The molecule has 7 heteroatoms. The van der Waals surface area contributed by atoms with Crippen LogP contribution in [0.1, 0.15) is 11.8 Å². The van der Waals surface area contributed by atoms with Gasteiger partial charge in [-0.25, -0.2) is 0 Å². The number of hydrogen-bond donors (Lipinski definition) is 1. The van der Waals surface area contributed by atoms with Gasteiger partial charge in [-0.3, -0.25) is 9.69 Å². The fourth-order valence-electron chi connectivity index (χ4n) is 2.03. The molecule has 0 aliphatic heterocycles. The minimum atomic E-state index is -2.44. The summed E-state index contributed by atoms with van der Waals surface area (Å²) in [7, 11) is 0. The summed E-state index contributed by atoms with van der Waals surface area (Å²) in [5.41, 5.74) is 0.612. The van der Waals surface area contributed by atoms with Gasteiger partial charge in [-0.05, 0) is 42.3 Å². The molecule has 3 nitrogen and oxygen atoms in total. The van der Waals surface area contributed by atoms with Gasteiger partial charge in [0.1, 0.15) is 0 Å². The Bertz CT molecular complexity index is 603. The molecule has 2 rings (SSSR count). The molecule has 0 spiro atoms. The zero-order valence-electron chi connectivity index (χ0n) is 12.7. The van der Waals surface area contributed by atoms with Gasteiger partial charge in [0, 0.05) is 22.0 Å². The number of nitrogens with one attached hydrogen (secondary N) is 1. The number of halogens is 2. The Labute approximate surface area is 142 Å². The van der Waals surface area contributed by atoms with Crippen LogP contribution in [-0.4, -0.2) is 29.7 Å². The summed E-state index contributed by atoms with van der Waals surface area (Å²) < 4.78 is 24.5. The van der Waals surface area contributed by atoms with Crippen LogP contribution in [0.25, 0.3) is 0 Å². The Morgan fingerprint density at radius 2 is 2.04 bits per heavy atom. The maximum absolute atomic E-state index is 12.3. The highest BCUT2D eigenvalue weighted by Gasteiger charge is 2.11. The maximum atomic E-state index is 12.3. The van der Waals surface area contributed by atoms with E-state index in [1.54, 1.807) is 35.6 Å². The molecule has 1 aromatic carbocycles. The molecular formula is C16H18F2N2OS2. The van der Waals surface area contributed by atoms with Crippen LogP contribution in [0.15, 0.2) is 46.7 Å². The van der Waals surface area contributed by atoms with Crippen LogP contribution in [-0.2, 0) is 11.3 Å². The molecule has 0 saturated heterocycles. The SMILES string of the molecule is CCN(CC(=O)Nc1ccc(SC(F)F)cc1)Cc1cccs1. The van der Waals surface area contributed by atoms with Gasteiger partial charge < -0.3 is 5.32 Å². The van der Waals surface area contributed by atoms with Gasteiger partial charge in [-0.15, -0.1) is 11.3 Å². The van der Waals surface area contributed by atoms with Gasteiger partial charge in [-0.1, -0.05) is 24.8 Å². The van der Waals surface area contributed by atoms with Crippen molar-refractivity contribution in [2.24, 2.45) is 0 Å². The van der Waals surface area contributed by atoms with Gasteiger partial charge in [-0.2, -0.15) is 8.78 Å². The highest BCUT2D eigenvalue weighted by atomic mass is 32.2. The number of benzene rings is 1. The van der Waals surface area contributed by atoms with Gasteiger partial charge in [0.25, 0.3) is 5.76 Å². The van der Waals surface area contributed by atoms with Gasteiger partial charge >= 0.3 is 0 Å². The number of thioether (sulfide) groups is 1. The average molecular weight is 356 g/mol. The average Bonchev–Trinajstić information content (AvgIpc) is 3.01. The van der Waals surface area contributed by atoms with Crippen molar-refractivity contribution in [3.05, 3.63) is 46.7 Å². The van der Waals surface area contributed by atoms with Crippen molar-refractivity contribution in [3.8, 4) is 0 Å². The third-order valence-electron chi connectivity index (χ3n) is 3.14. The number of nitrogens with zero attached hydrogens (tertiary/aromatic N) is 1. The van der Waals surface area contributed by atoms with E-state index in [-0.39, 0.29) is 5.91 Å². The van der Waals surface area contributed by atoms with E-state index < -0.39 is 5.76 Å².